The maximum absolute atomic E-state index is 6.60. The van der Waals surface area contributed by atoms with E-state index in [1.807, 2.05) is 0 Å². The van der Waals surface area contributed by atoms with Gasteiger partial charge in [0.05, 0.1) is 0 Å². The number of fused-ring (bicyclic) bond motifs is 2. The van der Waals surface area contributed by atoms with Gasteiger partial charge in [0.1, 0.15) is 0 Å². The average Bonchev–Trinajstić information content (AvgIpc) is 3.06. The molecule has 4 unspecified atom stereocenters. The molecule has 4 atom stereocenters. The number of rotatable bonds is 4. The fraction of sp³-hybridized carbons (Fsp3) is 1.00. The molecule has 0 aromatic heterocycles. The molecular formula is C16H30N2. The normalized spacial score (nSPS) is 38.5. The van der Waals surface area contributed by atoms with Crippen molar-refractivity contribution in [2.75, 3.05) is 13.1 Å². The van der Waals surface area contributed by atoms with Crippen molar-refractivity contribution in [2.45, 2.75) is 70.4 Å². The van der Waals surface area contributed by atoms with E-state index in [2.05, 4.69) is 18.7 Å². The predicted molar refractivity (Wildman–Crippen MR) is 76.4 cm³/mol. The van der Waals surface area contributed by atoms with Gasteiger partial charge in [0, 0.05) is 11.6 Å². The summed E-state index contributed by atoms with van der Waals surface area (Å²) in [5, 5.41) is 0. The van der Waals surface area contributed by atoms with E-state index in [-0.39, 0.29) is 5.54 Å². The molecule has 3 fully saturated rings. The van der Waals surface area contributed by atoms with Gasteiger partial charge in [-0.3, -0.25) is 4.90 Å². The van der Waals surface area contributed by atoms with Crippen molar-refractivity contribution in [1.82, 2.24) is 4.90 Å². The Morgan fingerprint density at radius 1 is 1.17 bits per heavy atom. The molecule has 2 bridgehead atoms. The zero-order chi connectivity index (χ0) is 12.8. The highest BCUT2D eigenvalue weighted by Crippen LogP contribution is 2.50. The van der Waals surface area contributed by atoms with Crippen LogP contribution in [0.2, 0.25) is 0 Å². The van der Waals surface area contributed by atoms with Crippen LogP contribution in [0.1, 0.15) is 58.8 Å². The summed E-state index contributed by atoms with van der Waals surface area (Å²) in [5.41, 5.74) is 6.81. The average molecular weight is 250 g/mol. The molecular weight excluding hydrogens is 220 g/mol. The minimum Gasteiger partial charge on any atom is -0.326 e. The maximum Gasteiger partial charge on any atom is 0.0304 e. The fourth-order valence-electron chi connectivity index (χ4n) is 4.81. The Kier molecular flexibility index (Phi) is 3.44. The summed E-state index contributed by atoms with van der Waals surface area (Å²) in [6.45, 7) is 7.27. The summed E-state index contributed by atoms with van der Waals surface area (Å²) < 4.78 is 0. The third-order valence-electron chi connectivity index (χ3n) is 6.27. The number of nitrogens with two attached hydrogens (primary N) is 1. The Morgan fingerprint density at radius 2 is 1.89 bits per heavy atom. The Balaban J connectivity index is 1.58. The summed E-state index contributed by atoms with van der Waals surface area (Å²) in [5.74, 6) is 3.03. The van der Waals surface area contributed by atoms with Gasteiger partial charge >= 0.3 is 0 Å². The van der Waals surface area contributed by atoms with E-state index < -0.39 is 0 Å². The predicted octanol–water partition coefficient (Wildman–Crippen LogP) is 3.01. The minimum atomic E-state index is 0.207. The van der Waals surface area contributed by atoms with E-state index in [4.69, 9.17) is 5.73 Å². The summed E-state index contributed by atoms with van der Waals surface area (Å²) in [6.07, 6.45) is 9.99. The van der Waals surface area contributed by atoms with Crippen molar-refractivity contribution in [3.63, 3.8) is 0 Å². The Hall–Kier alpha value is -0.0800. The second-order valence-corrected chi connectivity index (χ2v) is 7.62. The molecule has 104 valence electrons. The zero-order valence-electron chi connectivity index (χ0n) is 12.2. The molecule has 2 aliphatic carbocycles. The van der Waals surface area contributed by atoms with Crippen molar-refractivity contribution >= 4 is 0 Å². The summed E-state index contributed by atoms with van der Waals surface area (Å²) in [4.78, 5) is 2.63. The van der Waals surface area contributed by atoms with Crippen LogP contribution < -0.4 is 5.73 Å². The van der Waals surface area contributed by atoms with Crippen molar-refractivity contribution in [3.05, 3.63) is 0 Å². The Labute approximate surface area is 112 Å². The molecule has 2 saturated carbocycles. The molecule has 2 N–H and O–H groups in total. The summed E-state index contributed by atoms with van der Waals surface area (Å²) in [6, 6.07) is 0.361. The fourth-order valence-corrected chi connectivity index (χ4v) is 4.81. The maximum atomic E-state index is 6.60. The first-order chi connectivity index (χ1) is 8.57. The van der Waals surface area contributed by atoms with Gasteiger partial charge < -0.3 is 5.73 Å². The van der Waals surface area contributed by atoms with Crippen LogP contribution in [0.3, 0.4) is 0 Å². The monoisotopic (exact) mass is 250 g/mol. The number of hydrogen-bond donors (Lipinski definition) is 1. The van der Waals surface area contributed by atoms with Crippen LogP contribution in [0.15, 0.2) is 0 Å². The van der Waals surface area contributed by atoms with Crippen LogP contribution in [-0.4, -0.2) is 29.6 Å². The standard InChI is InChI=1S/C16H30N2/c1-16(2,18-7-3-4-8-18)15(17)11-14-10-12-5-6-13(14)9-12/h12-15H,3-11,17H2,1-2H3. The van der Waals surface area contributed by atoms with E-state index in [1.54, 1.807) is 0 Å². The van der Waals surface area contributed by atoms with Crippen LogP contribution in [0.25, 0.3) is 0 Å². The topological polar surface area (TPSA) is 29.3 Å². The molecule has 1 heterocycles. The molecule has 3 aliphatic rings. The second kappa shape index (κ2) is 4.79. The largest absolute Gasteiger partial charge is 0.326 e. The molecule has 0 spiro atoms. The number of likely N-dealkylation sites (tertiary alicyclic amines) is 1. The molecule has 0 aromatic carbocycles. The minimum absolute atomic E-state index is 0.207. The SMILES string of the molecule is CC(C)(C(N)CC1CC2CCC1C2)N1CCCC1. The summed E-state index contributed by atoms with van der Waals surface area (Å²) >= 11 is 0. The quantitative estimate of drug-likeness (QED) is 0.831. The third kappa shape index (κ3) is 2.22. The van der Waals surface area contributed by atoms with Crippen molar-refractivity contribution in [3.8, 4) is 0 Å². The van der Waals surface area contributed by atoms with Crippen LogP contribution in [0.5, 0.6) is 0 Å². The van der Waals surface area contributed by atoms with Crippen molar-refractivity contribution in [2.24, 2.45) is 23.5 Å². The molecule has 0 radical (unpaired) electrons. The molecule has 2 heteroatoms. The second-order valence-electron chi connectivity index (χ2n) is 7.62. The van der Waals surface area contributed by atoms with E-state index >= 15 is 0 Å². The van der Waals surface area contributed by atoms with Gasteiger partial charge in [-0.25, -0.2) is 0 Å². The first-order valence-electron chi connectivity index (χ1n) is 8.08. The molecule has 2 nitrogen and oxygen atoms in total. The van der Waals surface area contributed by atoms with Gasteiger partial charge in [-0.2, -0.15) is 0 Å². The molecule has 18 heavy (non-hydrogen) atoms. The lowest BCUT2D eigenvalue weighted by Crippen LogP contribution is -2.55. The highest BCUT2D eigenvalue weighted by atomic mass is 15.2. The highest BCUT2D eigenvalue weighted by molar-refractivity contribution is 4.98. The van der Waals surface area contributed by atoms with Gasteiger partial charge in [0.25, 0.3) is 0 Å². The van der Waals surface area contributed by atoms with E-state index in [1.165, 1.54) is 58.0 Å². The Bertz CT molecular complexity index is 293. The lowest BCUT2D eigenvalue weighted by Gasteiger charge is -2.42. The number of nitrogens with zero attached hydrogens (tertiary/aromatic N) is 1. The molecule has 0 aromatic rings. The van der Waals surface area contributed by atoms with Crippen LogP contribution >= 0.6 is 0 Å². The van der Waals surface area contributed by atoms with Crippen molar-refractivity contribution in [1.29, 1.82) is 0 Å². The third-order valence-corrected chi connectivity index (χ3v) is 6.27. The van der Waals surface area contributed by atoms with E-state index in [0.29, 0.717) is 6.04 Å². The lowest BCUT2D eigenvalue weighted by atomic mass is 9.79. The van der Waals surface area contributed by atoms with Crippen LogP contribution in [0.4, 0.5) is 0 Å². The first-order valence-corrected chi connectivity index (χ1v) is 8.08. The summed E-state index contributed by atoms with van der Waals surface area (Å²) in [7, 11) is 0. The Morgan fingerprint density at radius 3 is 2.44 bits per heavy atom. The molecule has 1 aliphatic heterocycles. The van der Waals surface area contributed by atoms with Gasteiger partial charge in [0.2, 0.25) is 0 Å². The zero-order valence-corrected chi connectivity index (χ0v) is 12.2. The smallest absolute Gasteiger partial charge is 0.0304 e. The molecule has 3 rings (SSSR count). The van der Waals surface area contributed by atoms with Gasteiger partial charge in [-0.15, -0.1) is 0 Å². The highest BCUT2D eigenvalue weighted by Gasteiger charge is 2.43. The van der Waals surface area contributed by atoms with Gasteiger partial charge in [0.15, 0.2) is 0 Å². The molecule has 0 amide bonds. The van der Waals surface area contributed by atoms with Crippen LogP contribution in [-0.2, 0) is 0 Å². The first kappa shape index (κ1) is 12.9. The lowest BCUT2D eigenvalue weighted by molar-refractivity contribution is 0.105. The van der Waals surface area contributed by atoms with Crippen LogP contribution in [0, 0.1) is 17.8 Å². The van der Waals surface area contributed by atoms with E-state index in [0.717, 1.165) is 17.8 Å². The van der Waals surface area contributed by atoms with E-state index in [9.17, 15) is 0 Å². The van der Waals surface area contributed by atoms with Crippen molar-refractivity contribution < 1.29 is 0 Å². The number of hydrogen-bond acceptors (Lipinski definition) is 2. The van der Waals surface area contributed by atoms with Gasteiger partial charge in [-0.05, 0) is 83.2 Å². The molecule has 1 saturated heterocycles. The van der Waals surface area contributed by atoms with Gasteiger partial charge in [-0.1, -0.05) is 6.42 Å².